The molecule has 1 fully saturated rings. The Balaban J connectivity index is 1.64. The number of nitrogens with zero attached hydrogens (tertiary/aromatic N) is 3. The first kappa shape index (κ1) is 15.0. The summed E-state index contributed by atoms with van der Waals surface area (Å²) in [6, 6.07) is 0.0771. The third-order valence-electron chi connectivity index (χ3n) is 4.89. The zero-order chi connectivity index (χ0) is 16.5. The Morgan fingerprint density at radius 3 is 3.08 bits per heavy atom. The van der Waals surface area contributed by atoms with Gasteiger partial charge in [-0.2, -0.15) is 0 Å². The Bertz CT molecular complexity index is 797. The lowest BCUT2D eigenvalue weighted by Gasteiger charge is -2.31. The van der Waals surface area contributed by atoms with Crippen molar-refractivity contribution in [1.29, 1.82) is 0 Å². The van der Waals surface area contributed by atoms with Crippen molar-refractivity contribution in [2.24, 2.45) is 0 Å². The van der Waals surface area contributed by atoms with Crippen molar-refractivity contribution in [3.63, 3.8) is 0 Å². The number of H-pyrrole nitrogens is 1. The van der Waals surface area contributed by atoms with E-state index in [-0.39, 0.29) is 6.04 Å². The van der Waals surface area contributed by atoms with Gasteiger partial charge in [0, 0.05) is 30.9 Å². The van der Waals surface area contributed by atoms with E-state index in [1.54, 1.807) is 6.33 Å². The van der Waals surface area contributed by atoms with Crippen molar-refractivity contribution in [2.45, 2.75) is 38.1 Å². The van der Waals surface area contributed by atoms with Crippen LogP contribution in [-0.2, 0) is 0 Å². The molecular weight excluding hydrogens is 306 g/mol. The standard InChI is InChI=1S/C17H21N5O2/c23-17(24)22-7-3-6-12(9-22)21-16-14-13(11-4-1-2-5-11)8-18-15(14)19-10-20-16/h4,8,10,12H,1-3,5-7,9H2,(H,23,24)(H2,18,19,20,21). The molecule has 2 aromatic heterocycles. The highest BCUT2D eigenvalue weighted by molar-refractivity contribution is 5.98. The van der Waals surface area contributed by atoms with E-state index in [0.717, 1.165) is 48.1 Å². The van der Waals surface area contributed by atoms with E-state index in [1.165, 1.54) is 16.9 Å². The van der Waals surface area contributed by atoms with Gasteiger partial charge in [-0.25, -0.2) is 14.8 Å². The molecule has 2 aliphatic rings. The highest BCUT2D eigenvalue weighted by atomic mass is 16.4. The molecule has 3 heterocycles. The van der Waals surface area contributed by atoms with Gasteiger partial charge in [0.25, 0.3) is 0 Å². The summed E-state index contributed by atoms with van der Waals surface area (Å²) in [6.45, 7) is 1.10. The Labute approximate surface area is 139 Å². The number of allylic oxidation sites excluding steroid dienone is 2. The van der Waals surface area contributed by atoms with Gasteiger partial charge in [-0.05, 0) is 37.7 Å². The fourth-order valence-corrected chi connectivity index (χ4v) is 3.70. The van der Waals surface area contributed by atoms with Crippen LogP contribution in [0.5, 0.6) is 0 Å². The first-order valence-corrected chi connectivity index (χ1v) is 8.48. The summed E-state index contributed by atoms with van der Waals surface area (Å²) in [7, 11) is 0. The third-order valence-corrected chi connectivity index (χ3v) is 4.89. The van der Waals surface area contributed by atoms with Crippen LogP contribution in [0.25, 0.3) is 16.6 Å². The van der Waals surface area contributed by atoms with Crippen molar-refractivity contribution in [3.8, 4) is 0 Å². The van der Waals surface area contributed by atoms with E-state index in [9.17, 15) is 9.90 Å². The Morgan fingerprint density at radius 1 is 1.38 bits per heavy atom. The molecule has 1 aliphatic heterocycles. The maximum absolute atomic E-state index is 11.2. The predicted molar refractivity (Wildman–Crippen MR) is 92.0 cm³/mol. The van der Waals surface area contributed by atoms with Crippen LogP contribution in [0.4, 0.5) is 10.6 Å². The molecule has 0 aromatic carbocycles. The SMILES string of the molecule is O=C(O)N1CCCC(Nc2ncnc3[nH]cc(C4=CCCC4)c23)C1. The number of hydrogen-bond donors (Lipinski definition) is 3. The number of carboxylic acid groups (broad SMARTS) is 1. The molecular formula is C17H21N5O2. The highest BCUT2D eigenvalue weighted by Gasteiger charge is 2.25. The van der Waals surface area contributed by atoms with Crippen molar-refractivity contribution in [3.05, 3.63) is 24.2 Å². The van der Waals surface area contributed by atoms with E-state index in [2.05, 4.69) is 26.3 Å². The molecule has 0 bridgehead atoms. The largest absolute Gasteiger partial charge is 0.465 e. The van der Waals surface area contributed by atoms with E-state index >= 15 is 0 Å². The highest BCUT2D eigenvalue weighted by Crippen LogP contribution is 2.35. The second-order valence-corrected chi connectivity index (χ2v) is 6.48. The van der Waals surface area contributed by atoms with E-state index in [0.29, 0.717) is 13.1 Å². The molecule has 1 unspecified atom stereocenters. The molecule has 0 spiro atoms. The molecule has 0 radical (unpaired) electrons. The third kappa shape index (κ3) is 2.70. The quantitative estimate of drug-likeness (QED) is 0.805. The van der Waals surface area contributed by atoms with E-state index in [1.807, 2.05) is 6.20 Å². The predicted octanol–water partition coefficient (Wildman–Crippen LogP) is 3.08. The first-order valence-electron chi connectivity index (χ1n) is 8.48. The van der Waals surface area contributed by atoms with Crippen LogP contribution in [0, 0.1) is 0 Å². The average molecular weight is 327 g/mol. The topological polar surface area (TPSA) is 94.1 Å². The van der Waals surface area contributed by atoms with Crippen LogP contribution in [0.3, 0.4) is 0 Å². The number of likely N-dealkylation sites (tertiary alicyclic amines) is 1. The number of anilines is 1. The van der Waals surface area contributed by atoms with Crippen LogP contribution in [-0.4, -0.2) is 50.2 Å². The summed E-state index contributed by atoms with van der Waals surface area (Å²) >= 11 is 0. The summed E-state index contributed by atoms with van der Waals surface area (Å²) in [4.78, 5) is 24.7. The summed E-state index contributed by atoms with van der Waals surface area (Å²) in [5, 5.41) is 13.7. The molecule has 1 aliphatic carbocycles. The maximum Gasteiger partial charge on any atom is 0.407 e. The van der Waals surface area contributed by atoms with Gasteiger partial charge < -0.3 is 20.3 Å². The molecule has 2 aromatic rings. The number of fused-ring (bicyclic) bond motifs is 1. The molecule has 1 saturated heterocycles. The molecule has 0 saturated carbocycles. The van der Waals surface area contributed by atoms with Gasteiger partial charge in [0.05, 0.1) is 5.39 Å². The number of piperidine rings is 1. The Morgan fingerprint density at radius 2 is 2.29 bits per heavy atom. The summed E-state index contributed by atoms with van der Waals surface area (Å²) in [5.74, 6) is 0.793. The minimum Gasteiger partial charge on any atom is -0.465 e. The lowest BCUT2D eigenvalue weighted by Crippen LogP contribution is -2.44. The molecule has 24 heavy (non-hydrogen) atoms. The van der Waals surface area contributed by atoms with Gasteiger partial charge in [0.15, 0.2) is 0 Å². The monoisotopic (exact) mass is 327 g/mol. The number of aromatic amines is 1. The van der Waals surface area contributed by atoms with Gasteiger partial charge in [-0.1, -0.05) is 6.08 Å². The van der Waals surface area contributed by atoms with Gasteiger partial charge in [-0.15, -0.1) is 0 Å². The van der Waals surface area contributed by atoms with Gasteiger partial charge >= 0.3 is 6.09 Å². The Hall–Kier alpha value is -2.57. The van der Waals surface area contributed by atoms with E-state index in [4.69, 9.17) is 0 Å². The molecule has 1 amide bonds. The van der Waals surface area contributed by atoms with Crippen molar-refractivity contribution < 1.29 is 9.90 Å². The fraction of sp³-hybridized carbons (Fsp3) is 0.471. The second kappa shape index (κ2) is 6.14. The number of carbonyl (C=O) groups is 1. The second-order valence-electron chi connectivity index (χ2n) is 6.48. The number of aromatic nitrogens is 3. The smallest absolute Gasteiger partial charge is 0.407 e. The van der Waals surface area contributed by atoms with Crippen molar-refractivity contribution in [2.75, 3.05) is 18.4 Å². The fourth-order valence-electron chi connectivity index (χ4n) is 3.70. The van der Waals surface area contributed by atoms with Gasteiger partial charge in [0.2, 0.25) is 0 Å². The van der Waals surface area contributed by atoms with Crippen molar-refractivity contribution in [1.82, 2.24) is 19.9 Å². The number of amides is 1. The first-order chi connectivity index (χ1) is 11.7. The average Bonchev–Trinajstić information content (AvgIpc) is 3.24. The lowest BCUT2D eigenvalue weighted by molar-refractivity contribution is 0.133. The van der Waals surface area contributed by atoms with Crippen LogP contribution in [0.2, 0.25) is 0 Å². The summed E-state index contributed by atoms with van der Waals surface area (Å²) in [6.07, 6.45) is 10.2. The zero-order valence-corrected chi connectivity index (χ0v) is 13.5. The molecule has 4 rings (SSSR count). The number of hydrogen-bond acceptors (Lipinski definition) is 4. The summed E-state index contributed by atoms with van der Waals surface area (Å²) < 4.78 is 0. The Kier molecular flexibility index (Phi) is 3.84. The zero-order valence-electron chi connectivity index (χ0n) is 13.5. The molecule has 126 valence electrons. The molecule has 7 nitrogen and oxygen atoms in total. The van der Waals surface area contributed by atoms with Crippen LogP contribution in [0.15, 0.2) is 18.6 Å². The molecule has 7 heteroatoms. The molecule has 3 N–H and O–H groups in total. The van der Waals surface area contributed by atoms with Gasteiger partial charge in [-0.3, -0.25) is 0 Å². The van der Waals surface area contributed by atoms with Crippen LogP contribution in [0.1, 0.15) is 37.7 Å². The van der Waals surface area contributed by atoms with Crippen LogP contribution < -0.4 is 5.32 Å². The normalized spacial score (nSPS) is 21.1. The number of rotatable bonds is 3. The minimum absolute atomic E-state index is 0.0771. The number of nitrogens with one attached hydrogen (secondary N) is 2. The summed E-state index contributed by atoms with van der Waals surface area (Å²) in [5.41, 5.74) is 3.33. The maximum atomic E-state index is 11.2. The van der Waals surface area contributed by atoms with E-state index < -0.39 is 6.09 Å². The molecule has 1 atom stereocenters. The van der Waals surface area contributed by atoms with Gasteiger partial charge in [0.1, 0.15) is 17.8 Å². The lowest BCUT2D eigenvalue weighted by atomic mass is 10.0. The minimum atomic E-state index is -0.854. The van der Waals surface area contributed by atoms with Crippen molar-refractivity contribution >= 4 is 28.5 Å². The van der Waals surface area contributed by atoms with Crippen LogP contribution >= 0.6 is 0 Å².